The number of benzene rings is 1. The lowest BCUT2D eigenvalue weighted by atomic mass is 9.87. The zero-order valence-corrected chi connectivity index (χ0v) is 12.6. The molecule has 0 amide bonds. The Morgan fingerprint density at radius 2 is 1.96 bits per heavy atom. The fourth-order valence-electron chi connectivity index (χ4n) is 3.09. The van der Waals surface area contributed by atoms with Crippen LogP contribution in [0.2, 0.25) is 0 Å². The summed E-state index contributed by atoms with van der Waals surface area (Å²) in [6.45, 7) is 0. The summed E-state index contributed by atoms with van der Waals surface area (Å²) in [5.41, 5.74) is 2.61. The average Bonchev–Trinajstić information content (AvgIpc) is 2.94. The lowest BCUT2D eigenvalue weighted by molar-refractivity contribution is -0.116. The molecule has 23 heavy (non-hydrogen) atoms. The SMILES string of the molecule is COc1ccc([C@@H]2Nc3nonc3NC3=C2C(=O)CCC3)cc1. The fraction of sp³-hybridized carbons (Fsp3) is 0.312. The van der Waals surface area contributed by atoms with Gasteiger partial charge in [-0.15, -0.1) is 0 Å². The molecule has 0 radical (unpaired) electrons. The summed E-state index contributed by atoms with van der Waals surface area (Å²) in [5.74, 6) is 1.94. The molecule has 2 aliphatic rings. The van der Waals surface area contributed by atoms with E-state index in [1.807, 2.05) is 24.3 Å². The Morgan fingerprint density at radius 3 is 2.74 bits per heavy atom. The third-order valence-electron chi connectivity index (χ3n) is 4.23. The highest BCUT2D eigenvalue weighted by molar-refractivity contribution is 6.00. The number of hydrogen-bond acceptors (Lipinski definition) is 7. The second-order valence-corrected chi connectivity index (χ2v) is 5.61. The molecule has 7 heteroatoms. The first-order chi connectivity index (χ1) is 11.3. The van der Waals surface area contributed by atoms with Crippen LogP contribution in [-0.4, -0.2) is 23.2 Å². The smallest absolute Gasteiger partial charge is 0.219 e. The van der Waals surface area contributed by atoms with E-state index in [2.05, 4.69) is 20.9 Å². The Kier molecular flexibility index (Phi) is 3.25. The monoisotopic (exact) mass is 312 g/mol. The number of fused-ring (bicyclic) bond motifs is 1. The quantitative estimate of drug-likeness (QED) is 0.881. The molecule has 1 aromatic heterocycles. The summed E-state index contributed by atoms with van der Waals surface area (Å²) < 4.78 is 10.0. The Bertz CT molecular complexity index is 779. The minimum atomic E-state index is -0.288. The second kappa shape index (κ2) is 5.42. The molecule has 7 nitrogen and oxygen atoms in total. The molecule has 2 N–H and O–H groups in total. The number of ketones is 1. The predicted molar refractivity (Wildman–Crippen MR) is 83.2 cm³/mol. The molecular weight excluding hydrogens is 296 g/mol. The number of methoxy groups -OCH3 is 1. The molecule has 0 saturated carbocycles. The van der Waals surface area contributed by atoms with Gasteiger partial charge in [0.2, 0.25) is 11.6 Å². The summed E-state index contributed by atoms with van der Waals surface area (Å²) in [5, 5.41) is 14.2. The van der Waals surface area contributed by atoms with E-state index in [9.17, 15) is 4.79 Å². The van der Waals surface area contributed by atoms with Crippen LogP contribution in [0.1, 0.15) is 30.9 Å². The molecule has 0 bridgehead atoms. The van der Waals surface area contributed by atoms with Crippen LogP contribution in [0.5, 0.6) is 5.75 Å². The fourth-order valence-corrected chi connectivity index (χ4v) is 3.09. The Labute approximate surface area is 132 Å². The van der Waals surface area contributed by atoms with Crippen molar-refractivity contribution in [3.63, 3.8) is 0 Å². The number of aromatic nitrogens is 2. The predicted octanol–water partition coefficient (Wildman–Crippen LogP) is 2.66. The molecule has 0 saturated heterocycles. The Hall–Kier alpha value is -2.83. The summed E-state index contributed by atoms with van der Waals surface area (Å²) in [6.07, 6.45) is 2.20. The van der Waals surface area contributed by atoms with E-state index in [1.165, 1.54) is 0 Å². The van der Waals surface area contributed by atoms with E-state index in [4.69, 9.17) is 9.37 Å². The summed E-state index contributed by atoms with van der Waals surface area (Å²) in [7, 11) is 1.63. The van der Waals surface area contributed by atoms with Crippen molar-refractivity contribution in [2.45, 2.75) is 25.3 Å². The van der Waals surface area contributed by atoms with Crippen molar-refractivity contribution in [3.8, 4) is 5.75 Å². The van der Waals surface area contributed by atoms with E-state index in [0.717, 1.165) is 35.4 Å². The number of carbonyl (C=O) groups excluding carboxylic acids is 1. The van der Waals surface area contributed by atoms with E-state index >= 15 is 0 Å². The Morgan fingerprint density at radius 1 is 1.17 bits per heavy atom. The van der Waals surface area contributed by atoms with Gasteiger partial charge in [0.05, 0.1) is 13.2 Å². The molecule has 1 aliphatic heterocycles. The van der Waals surface area contributed by atoms with Crippen LogP contribution in [0, 0.1) is 0 Å². The van der Waals surface area contributed by atoms with Gasteiger partial charge in [-0.3, -0.25) is 4.79 Å². The normalized spacial score (nSPS) is 20.0. The lowest BCUT2D eigenvalue weighted by Gasteiger charge is -2.25. The van der Waals surface area contributed by atoms with Crippen molar-refractivity contribution in [1.29, 1.82) is 0 Å². The topological polar surface area (TPSA) is 89.3 Å². The number of carbonyl (C=O) groups is 1. The maximum absolute atomic E-state index is 12.5. The van der Waals surface area contributed by atoms with E-state index in [0.29, 0.717) is 18.1 Å². The Balaban J connectivity index is 1.82. The van der Waals surface area contributed by atoms with Crippen LogP contribution < -0.4 is 15.4 Å². The first-order valence-electron chi connectivity index (χ1n) is 7.52. The third kappa shape index (κ3) is 2.34. The van der Waals surface area contributed by atoms with Crippen LogP contribution in [0.4, 0.5) is 11.6 Å². The van der Waals surface area contributed by atoms with Gasteiger partial charge in [0, 0.05) is 17.7 Å². The molecule has 4 rings (SSSR count). The maximum atomic E-state index is 12.5. The van der Waals surface area contributed by atoms with E-state index in [1.54, 1.807) is 7.11 Å². The highest BCUT2D eigenvalue weighted by Gasteiger charge is 2.33. The molecule has 2 heterocycles. The maximum Gasteiger partial charge on any atom is 0.219 e. The van der Waals surface area contributed by atoms with Crippen LogP contribution in [-0.2, 0) is 4.79 Å². The van der Waals surface area contributed by atoms with Crippen molar-refractivity contribution in [3.05, 3.63) is 41.1 Å². The molecule has 0 spiro atoms. The van der Waals surface area contributed by atoms with Gasteiger partial charge >= 0.3 is 0 Å². The molecule has 2 aromatic rings. The molecule has 0 unspecified atom stereocenters. The highest BCUT2D eigenvalue weighted by atomic mass is 16.6. The molecule has 1 atom stereocenters. The van der Waals surface area contributed by atoms with Gasteiger partial charge in [-0.2, -0.15) is 0 Å². The van der Waals surface area contributed by atoms with Crippen molar-refractivity contribution in [1.82, 2.24) is 10.3 Å². The van der Waals surface area contributed by atoms with Crippen LogP contribution in [0.25, 0.3) is 0 Å². The van der Waals surface area contributed by atoms with E-state index in [-0.39, 0.29) is 11.8 Å². The molecule has 0 fully saturated rings. The lowest BCUT2D eigenvalue weighted by Crippen LogP contribution is -2.23. The van der Waals surface area contributed by atoms with Crippen molar-refractivity contribution in [2.75, 3.05) is 17.7 Å². The van der Waals surface area contributed by atoms with Gasteiger partial charge in [-0.05, 0) is 40.9 Å². The molecule has 1 aliphatic carbocycles. The number of allylic oxidation sites excluding steroid dienone is 1. The summed E-state index contributed by atoms with van der Waals surface area (Å²) >= 11 is 0. The number of nitrogens with one attached hydrogen (secondary N) is 2. The average molecular weight is 312 g/mol. The molecule has 118 valence electrons. The van der Waals surface area contributed by atoms with Gasteiger partial charge in [0.1, 0.15) is 5.75 Å². The summed E-state index contributed by atoms with van der Waals surface area (Å²) in [6, 6.07) is 7.36. The second-order valence-electron chi connectivity index (χ2n) is 5.61. The zero-order valence-electron chi connectivity index (χ0n) is 12.6. The molecular formula is C16H16N4O3. The van der Waals surface area contributed by atoms with Gasteiger partial charge in [-0.25, -0.2) is 4.63 Å². The van der Waals surface area contributed by atoms with Gasteiger partial charge in [-0.1, -0.05) is 12.1 Å². The third-order valence-corrected chi connectivity index (χ3v) is 4.23. The number of Topliss-reactive ketones (excluding diaryl/α,β-unsaturated/α-hetero) is 1. The van der Waals surface area contributed by atoms with Crippen LogP contribution in [0.15, 0.2) is 40.2 Å². The standard InChI is InChI=1S/C16H16N4O3/c1-22-10-7-5-9(6-8-10)14-13-11(3-2-4-12(13)21)17-15-16(18-14)20-23-19-15/h5-8,14H,2-4H2,1H3,(H,17,19)(H,18,20)/t14-/m0/s1. The first-order valence-corrected chi connectivity index (χ1v) is 7.52. The molecule has 1 aromatic carbocycles. The van der Waals surface area contributed by atoms with Crippen LogP contribution in [0.3, 0.4) is 0 Å². The minimum Gasteiger partial charge on any atom is -0.497 e. The number of anilines is 2. The van der Waals surface area contributed by atoms with Crippen molar-refractivity contribution < 1.29 is 14.2 Å². The minimum absolute atomic E-state index is 0.147. The highest BCUT2D eigenvalue weighted by Crippen LogP contribution is 2.39. The van der Waals surface area contributed by atoms with Gasteiger partial charge < -0.3 is 15.4 Å². The van der Waals surface area contributed by atoms with Crippen molar-refractivity contribution >= 4 is 17.4 Å². The number of nitrogens with zero attached hydrogens (tertiary/aromatic N) is 2. The number of hydrogen-bond donors (Lipinski definition) is 2. The van der Waals surface area contributed by atoms with Gasteiger partial charge in [0.25, 0.3) is 0 Å². The van der Waals surface area contributed by atoms with Crippen molar-refractivity contribution in [2.24, 2.45) is 0 Å². The first kappa shape index (κ1) is 13.8. The van der Waals surface area contributed by atoms with Crippen LogP contribution >= 0.6 is 0 Å². The number of ether oxygens (including phenoxy) is 1. The van der Waals surface area contributed by atoms with E-state index < -0.39 is 0 Å². The number of rotatable bonds is 2. The van der Waals surface area contributed by atoms with Gasteiger partial charge in [0.15, 0.2) is 5.78 Å². The largest absolute Gasteiger partial charge is 0.497 e. The zero-order chi connectivity index (χ0) is 15.8. The summed E-state index contributed by atoms with van der Waals surface area (Å²) in [4.78, 5) is 12.5.